The molecule has 3 aromatic rings. The number of methoxy groups -OCH3 is 1. The number of hydrogen-bond acceptors (Lipinski definition) is 1. The van der Waals surface area contributed by atoms with Crippen molar-refractivity contribution in [3.8, 4) is 22.3 Å². The molecule has 1 unspecified atom stereocenters. The van der Waals surface area contributed by atoms with Crippen LogP contribution in [0.3, 0.4) is 0 Å². The van der Waals surface area contributed by atoms with E-state index in [1.165, 1.54) is 44.5 Å². The first-order chi connectivity index (χ1) is 14.1. The van der Waals surface area contributed by atoms with Gasteiger partial charge in [-0.05, 0) is 64.8 Å². The molecule has 1 aliphatic rings. The molecule has 0 aromatic heterocycles. The molecule has 0 radical (unpaired) electrons. The van der Waals surface area contributed by atoms with Crippen molar-refractivity contribution in [3.63, 3.8) is 0 Å². The first kappa shape index (κ1) is 19.7. The van der Waals surface area contributed by atoms with E-state index in [-0.39, 0.29) is 0 Å². The molecule has 0 amide bonds. The van der Waals surface area contributed by atoms with Gasteiger partial charge in [-0.3, -0.25) is 0 Å². The average molecular weight is 380 g/mol. The molecular weight excluding hydrogens is 351 g/mol. The van der Waals surface area contributed by atoms with Crippen LogP contribution in [0.4, 0.5) is 0 Å². The van der Waals surface area contributed by atoms with Gasteiger partial charge in [-0.15, -0.1) is 0 Å². The Labute approximate surface area is 175 Å². The number of rotatable bonds is 5. The predicted molar refractivity (Wildman–Crippen MR) is 126 cm³/mol. The molecule has 4 rings (SSSR count). The van der Waals surface area contributed by atoms with Gasteiger partial charge in [-0.2, -0.15) is 0 Å². The SMILES string of the molecule is BC(C=C(C)CCC)(OC)c1ccc2c(c1)-c1ccccc1Cc1ccccc1-2. The normalized spacial score (nSPS) is 14.9. The van der Waals surface area contributed by atoms with Gasteiger partial charge in [0.2, 0.25) is 0 Å². The third-order valence-electron chi connectivity index (χ3n) is 6.18. The van der Waals surface area contributed by atoms with Crippen LogP contribution in [0.2, 0.25) is 0 Å². The topological polar surface area (TPSA) is 9.23 Å². The third-order valence-corrected chi connectivity index (χ3v) is 6.18. The summed E-state index contributed by atoms with van der Waals surface area (Å²) in [6.45, 7) is 4.42. The van der Waals surface area contributed by atoms with Crippen LogP contribution in [0, 0.1) is 0 Å². The Bertz CT molecular complexity index is 1070. The Kier molecular flexibility index (Phi) is 5.47. The van der Waals surface area contributed by atoms with Crippen molar-refractivity contribution < 1.29 is 4.74 Å². The summed E-state index contributed by atoms with van der Waals surface area (Å²) < 4.78 is 6.04. The second kappa shape index (κ2) is 8.04. The highest BCUT2D eigenvalue weighted by atomic mass is 16.5. The Morgan fingerprint density at radius 2 is 1.55 bits per heavy atom. The van der Waals surface area contributed by atoms with E-state index in [0.29, 0.717) is 0 Å². The molecular formula is C27H29BO. The zero-order valence-corrected chi connectivity index (χ0v) is 18.0. The molecule has 0 fully saturated rings. The predicted octanol–water partition coefficient (Wildman–Crippen LogP) is 6.10. The second-order valence-electron chi connectivity index (χ2n) is 8.30. The van der Waals surface area contributed by atoms with Gasteiger partial charge >= 0.3 is 0 Å². The molecule has 146 valence electrons. The van der Waals surface area contributed by atoms with Gasteiger partial charge < -0.3 is 4.74 Å². The summed E-state index contributed by atoms with van der Waals surface area (Å²) in [5, 5.41) is 0. The number of ether oxygens (including phenoxy) is 1. The third kappa shape index (κ3) is 3.70. The molecule has 0 bridgehead atoms. The Balaban J connectivity index is 1.93. The minimum atomic E-state index is -0.435. The highest BCUT2D eigenvalue weighted by Crippen LogP contribution is 2.42. The van der Waals surface area contributed by atoms with E-state index in [1.807, 2.05) is 7.11 Å². The van der Waals surface area contributed by atoms with E-state index >= 15 is 0 Å². The summed E-state index contributed by atoms with van der Waals surface area (Å²) in [6.07, 6.45) is 5.50. The fourth-order valence-electron chi connectivity index (χ4n) is 4.59. The van der Waals surface area contributed by atoms with E-state index in [0.717, 1.165) is 19.3 Å². The molecule has 2 heteroatoms. The fraction of sp³-hybridized carbons (Fsp3) is 0.259. The highest BCUT2D eigenvalue weighted by molar-refractivity contribution is 6.16. The van der Waals surface area contributed by atoms with Gasteiger partial charge in [0.25, 0.3) is 0 Å². The average Bonchev–Trinajstić information content (AvgIpc) is 2.88. The first-order valence-corrected chi connectivity index (χ1v) is 10.6. The van der Waals surface area contributed by atoms with Crippen LogP contribution in [-0.2, 0) is 16.7 Å². The van der Waals surface area contributed by atoms with E-state index in [9.17, 15) is 0 Å². The monoisotopic (exact) mass is 380 g/mol. The molecule has 1 atom stereocenters. The zero-order valence-electron chi connectivity index (χ0n) is 18.0. The number of hydrogen-bond donors (Lipinski definition) is 0. The van der Waals surface area contributed by atoms with Gasteiger partial charge in [0.1, 0.15) is 0 Å². The minimum absolute atomic E-state index is 0.435. The molecule has 0 saturated heterocycles. The molecule has 1 nitrogen and oxygen atoms in total. The summed E-state index contributed by atoms with van der Waals surface area (Å²) in [5.74, 6) is 0. The summed E-state index contributed by atoms with van der Waals surface area (Å²) in [7, 11) is 3.98. The van der Waals surface area contributed by atoms with Crippen molar-refractivity contribution in [2.75, 3.05) is 7.11 Å². The Hall–Kier alpha value is -2.58. The maximum Gasteiger partial charge on any atom is 0.154 e. The lowest BCUT2D eigenvalue weighted by Gasteiger charge is -2.28. The molecule has 0 aliphatic heterocycles. The van der Waals surface area contributed by atoms with Crippen LogP contribution in [-0.4, -0.2) is 15.0 Å². The Morgan fingerprint density at radius 1 is 0.931 bits per heavy atom. The van der Waals surface area contributed by atoms with E-state index in [1.54, 1.807) is 0 Å². The molecule has 1 aliphatic carbocycles. The van der Waals surface area contributed by atoms with E-state index in [4.69, 9.17) is 4.74 Å². The molecule has 3 aromatic carbocycles. The van der Waals surface area contributed by atoms with Gasteiger partial charge in [0.15, 0.2) is 7.85 Å². The van der Waals surface area contributed by atoms with Crippen molar-refractivity contribution >= 4 is 7.85 Å². The lowest BCUT2D eigenvalue weighted by Crippen LogP contribution is -2.27. The molecule has 0 spiro atoms. The zero-order chi connectivity index (χ0) is 20.4. The summed E-state index contributed by atoms with van der Waals surface area (Å²) in [4.78, 5) is 0. The number of benzene rings is 3. The van der Waals surface area contributed by atoms with Crippen molar-refractivity contribution in [2.24, 2.45) is 0 Å². The van der Waals surface area contributed by atoms with Gasteiger partial charge in [0.05, 0.1) is 5.50 Å². The van der Waals surface area contributed by atoms with Gasteiger partial charge in [0, 0.05) is 7.11 Å². The van der Waals surface area contributed by atoms with Crippen molar-refractivity contribution in [3.05, 3.63) is 95.1 Å². The van der Waals surface area contributed by atoms with Crippen LogP contribution in [0.1, 0.15) is 43.4 Å². The minimum Gasteiger partial charge on any atom is -0.379 e. The van der Waals surface area contributed by atoms with Crippen molar-refractivity contribution in [2.45, 2.75) is 38.6 Å². The van der Waals surface area contributed by atoms with Gasteiger partial charge in [-0.1, -0.05) is 85.7 Å². The van der Waals surface area contributed by atoms with Crippen LogP contribution in [0.15, 0.2) is 78.4 Å². The maximum atomic E-state index is 6.04. The number of fused-ring (bicyclic) bond motifs is 5. The van der Waals surface area contributed by atoms with Crippen LogP contribution < -0.4 is 0 Å². The number of allylic oxidation sites excluding steroid dienone is 1. The summed E-state index contributed by atoms with van der Waals surface area (Å²) >= 11 is 0. The van der Waals surface area contributed by atoms with Crippen molar-refractivity contribution in [1.29, 1.82) is 0 Å². The highest BCUT2D eigenvalue weighted by Gasteiger charge is 2.26. The van der Waals surface area contributed by atoms with Gasteiger partial charge in [-0.25, -0.2) is 0 Å². The van der Waals surface area contributed by atoms with E-state index < -0.39 is 5.50 Å². The Morgan fingerprint density at radius 3 is 2.17 bits per heavy atom. The molecule has 29 heavy (non-hydrogen) atoms. The second-order valence-corrected chi connectivity index (χ2v) is 8.30. The van der Waals surface area contributed by atoms with Crippen LogP contribution in [0.25, 0.3) is 22.3 Å². The molecule has 0 saturated carbocycles. The largest absolute Gasteiger partial charge is 0.379 e. The smallest absolute Gasteiger partial charge is 0.154 e. The summed E-state index contributed by atoms with van der Waals surface area (Å²) in [5.41, 5.74) is 10.2. The quantitative estimate of drug-likeness (QED) is 0.300. The standard InChI is InChI=1S/C27H29BO/c1-4-9-19(2)18-27(28,29-3)22-14-15-25-23-12-7-5-10-20(23)16-21-11-6-8-13-24(21)26(25)17-22/h5-8,10-15,17-18H,4,9,16,28H2,1-3H3. The summed E-state index contributed by atoms with van der Waals surface area (Å²) in [6, 6.07) is 24.5. The molecule has 0 N–H and O–H groups in total. The lowest BCUT2D eigenvalue weighted by atomic mass is 9.73. The van der Waals surface area contributed by atoms with Crippen LogP contribution in [0.5, 0.6) is 0 Å². The van der Waals surface area contributed by atoms with E-state index in [2.05, 4.69) is 94.5 Å². The lowest BCUT2D eigenvalue weighted by molar-refractivity contribution is 0.102. The maximum absolute atomic E-state index is 6.04. The van der Waals surface area contributed by atoms with Crippen molar-refractivity contribution in [1.82, 2.24) is 0 Å². The molecule has 0 heterocycles. The fourth-order valence-corrected chi connectivity index (χ4v) is 4.59. The van der Waals surface area contributed by atoms with Crippen LogP contribution >= 0.6 is 0 Å². The first-order valence-electron chi connectivity index (χ1n) is 10.6.